The van der Waals surface area contributed by atoms with E-state index in [0.717, 1.165) is 18.8 Å². The summed E-state index contributed by atoms with van der Waals surface area (Å²) >= 11 is 0. The van der Waals surface area contributed by atoms with Crippen molar-refractivity contribution in [1.29, 1.82) is 0 Å². The van der Waals surface area contributed by atoms with Crippen LogP contribution >= 0.6 is 0 Å². The van der Waals surface area contributed by atoms with Crippen molar-refractivity contribution >= 4 is 11.7 Å². The molecule has 2 rings (SSSR count). The minimum absolute atomic E-state index is 0.0556. The highest BCUT2D eigenvalue weighted by molar-refractivity contribution is 5.90. The molecule has 20 heavy (non-hydrogen) atoms. The van der Waals surface area contributed by atoms with Crippen molar-refractivity contribution in [2.45, 2.75) is 6.29 Å². The predicted molar refractivity (Wildman–Crippen MR) is 71.2 cm³/mol. The van der Waals surface area contributed by atoms with Gasteiger partial charge < -0.3 is 19.1 Å². The van der Waals surface area contributed by atoms with Crippen LogP contribution in [0.4, 0.5) is 10.1 Å². The molecule has 0 aromatic heterocycles. The maximum absolute atomic E-state index is 13.8. The Morgan fingerprint density at radius 2 is 1.95 bits per heavy atom. The minimum atomic E-state index is -0.672. The summed E-state index contributed by atoms with van der Waals surface area (Å²) in [5.74, 6) is -0.990. The Balaban J connectivity index is 2.02. The van der Waals surface area contributed by atoms with Gasteiger partial charge >= 0.3 is 5.97 Å². The van der Waals surface area contributed by atoms with Crippen molar-refractivity contribution in [3.8, 4) is 0 Å². The average molecular weight is 283 g/mol. The van der Waals surface area contributed by atoms with Crippen LogP contribution in [-0.2, 0) is 14.2 Å². The number of halogens is 1. The number of carbonyl (C=O) groups excluding carboxylic acids is 1. The summed E-state index contributed by atoms with van der Waals surface area (Å²) in [4.78, 5) is 13.3. The average Bonchev–Trinajstić information content (AvgIpc) is 2.41. The summed E-state index contributed by atoms with van der Waals surface area (Å²) in [6.45, 7) is 1.45. The molecule has 1 heterocycles. The molecule has 6 heteroatoms. The number of hydrogen-bond acceptors (Lipinski definition) is 5. The number of nitrogens with zero attached hydrogens (tertiary/aromatic N) is 1. The molecule has 0 bridgehead atoms. The highest BCUT2D eigenvalue weighted by Crippen LogP contribution is 2.29. The van der Waals surface area contributed by atoms with E-state index in [-0.39, 0.29) is 17.8 Å². The van der Waals surface area contributed by atoms with Gasteiger partial charge in [0.15, 0.2) is 6.29 Å². The summed E-state index contributed by atoms with van der Waals surface area (Å²) < 4.78 is 28.7. The molecule has 0 amide bonds. The number of benzene rings is 1. The second-order valence-electron chi connectivity index (χ2n) is 4.66. The summed E-state index contributed by atoms with van der Waals surface area (Å²) in [5.41, 5.74) is 0.678. The van der Waals surface area contributed by atoms with Crippen molar-refractivity contribution < 1.29 is 23.4 Å². The van der Waals surface area contributed by atoms with Crippen molar-refractivity contribution in [3.63, 3.8) is 0 Å². The van der Waals surface area contributed by atoms with Crippen LogP contribution in [0.1, 0.15) is 10.4 Å². The van der Waals surface area contributed by atoms with E-state index in [1.807, 2.05) is 4.90 Å². The van der Waals surface area contributed by atoms with Crippen molar-refractivity contribution in [2.24, 2.45) is 5.92 Å². The van der Waals surface area contributed by atoms with Crippen LogP contribution in [0.5, 0.6) is 0 Å². The molecular weight excluding hydrogens is 265 g/mol. The van der Waals surface area contributed by atoms with Gasteiger partial charge in [0.2, 0.25) is 0 Å². The summed E-state index contributed by atoms with van der Waals surface area (Å²) in [5, 5.41) is 0. The third-order valence-electron chi connectivity index (χ3n) is 3.48. The maximum Gasteiger partial charge on any atom is 0.340 e. The molecular formula is C14H18FNO4. The third-order valence-corrected chi connectivity index (χ3v) is 3.48. The van der Waals surface area contributed by atoms with E-state index in [0.29, 0.717) is 0 Å². The normalized spacial score (nSPS) is 15.3. The molecule has 0 N–H and O–H groups in total. The highest BCUT2D eigenvalue weighted by Gasteiger charge is 2.34. The van der Waals surface area contributed by atoms with Crippen molar-refractivity contribution in [1.82, 2.24) is 0 Å². The first-order chi connectivity index (χ1) is 9.60. The summed E-state index contributed by atoms with van der Waals surface area (Å²) in [7, 11) is 4.43. The minimum Gasteiger partial charge on any atom is -0.465 e. The van der Waals surface area contributed by atoms with Gasteiger partial charge in [-0.1, -0.05) is 0 Å². The number of methoxy groups -OCH3 is 3. The van der Waals surface area contributed by atoms with E-state index >= 15 is 0 Å². The summed E-state index contributed by atoms with van der Waals surface area (Å²) in [6, 6.07) is 4.49. The van der Waals surface area contributed by atoms with Gasteiger partial charge in [-0.05, 0) is 18.2 Å². The fourth-order valence-electron chi connectivity index (χ4n) is 2.35. The Labute approximate surface area is 117 Å². The van der Waals surface area contributed by atoms with Crippen LogP contribution in [0.2, 0.25) is 0 Å². The molecule has 0 radical (unpaired) electrons. The molecule has 0 aliphatic carbocycles. The standard InChI is InChI=1S/C14H18FNO4/c1-18-13(17)11-5-4-10(6-12(11)15)16-7-9(8-16)14(19-2)20-3/h4-6,9,14H,7-8H2,1-3H3. The molecule has 1 saturated heterocycles. The molecule has 0 unspecified atom stereocenters. The zero-order chi connectivity index (χ0) is 14.7. The van der Waals surface area contributed by atoms with Crippen LogP contribution in [0.25, 0.3) is 0 Å². The zero-order valence-electron chi connectivity index (χ0n) is 11.8. The van der Waals surface area contributed by atoms with E-state index in [1.165, 1.54) is 19.2 Å². The third kappa shape index (κ3) is 2.76. The molecule has 0 atom stereocenters. The first-order valence-electron chi connectivity index (χ1n) is 6.29. The fraction of sp³-hybridized carbons (Fsp3) is 0.500. The van der Waals surface area contributed by atoms with E-state index < -0.39 is 11.8 Å². The van der Waals surface area contributed by atoms with Gasteiger partial charge in [-0.2, -0.15) is 0 Å². The second-order valence-corrected chi connectivity index (χ2v) is 4.66. The maximum atomic E-state index is 13.8. The van der Waals surface area contributed by atoms with E-state index in [4.69, 9.17) is 9.47 Å². The molecule has 0 spiro atoms. The van der Waals surface area contributed by atoms with Gasteiger partial charge in [0.1, 0.15) is 5.82 Å². The smallest absolute Gasteiger partial charge is 0.340 e. The quantitative estimate of drug-likeness (QED) is 0.607. The summed E-state index contributed by atoms with van der Waals surface area (Å²) in [6.07, 6.45) is -0.245. The molecule has 5 nitrogen and oxygen atoms in total. The fourth-order valence-corrected chi connectivity index (χ4v) is 2.35. The predicted octanol–water partition coefficient (Wildman–Crippen LogP) is 1.67. The van der Waals surface area contributed by atoms with Crippen LogP contribution in [0, 0.1) is 11.7 Å². The molecule has 1 aromatic rings. The monoisotopic (exact) mass is 283 g/mol. The number of carbonyl (C=O) groups is 1. The van der Waals surface area contributed by atoms with Gasteiger partial charge in [-0.15, -0.1) is 0 Å². The Morgan fingerprint density at radius 3 is 2.45 bits per heavy atom. The molecule has 1 fully saturated rings. The van der Waals surface area contributed by atoms with Gasteiger partial charge in [0, 0.05) is 38.9 Å². The Hall–Kier alpha value is -1.66. The Bertz CT molecular complexity index is 484. The van der Waals surface area contributed by atoms with Crippen LogP contribution in [0.3, 0.4) is 0 Å². The molecule has 0 saturated carbocycles. The SMILES string of the molecule is COC(=O)c1ccc(N2CC(C(OC)OC)C2)cc1F. The molecule has 110 valence electrons. The number of ether oxygens (including phenoxy) is 3. The second kappa shape index (κ2) is 6.19. The zero-order valence-corrected chi connectivity index (χ0v) is 11.8. The lowest BCUT2D eigenvalue weighted by Gasteiger charge is -2.43. The largest absolute Gasteiger partial charge is 0.465 e. The van der Waals surface area contributed by atoms with Crippen LogP contribution in [-0.4, -0.2) is 46.7 Å². The van der Waals surface area contributed by atoms with Crippen molar-refractivity contribution in [3.05, 3.63) is 29.6 Å². The first-order valence-corrected chi connectivity index (χ1v) is 6.29. The Morgan fingerprint density at radius 1 is 1.30 bits per heavy atom. The van der Waals surface area contributed by atoms with Gasteiger partial charge in [-0.3, -0.25) is 0 Å². The van der Waals surface area contributed by atoms with Gasteiger partial charge in [0.25, 0.3) is 0 Å². The molecule has 1 aromatic carbocycles. The van der Waals surface area contributed by atoms with E-state index in [9.17, 15) is 9.18 Å². The van der Waals surface area contributed by atoms with Crippen LogP contribution in [0.15, 0.2) is 18.2 Å². The van der Waals surface area contributed by atoms with Crippen molar-refractivity contribution in [2.75, 3.05) is 39.3 Å². The lowest BCUT2D eigenvalue weighted by Crippen LogP contribution is -2.53. The number of hydrogen-bond donors (Lipinski definition) is 0. The molecule has 1 aliphatic rings. The highest BCUT2D eigenvalue weighted by atomic mass is 19.1. The van der Waals surface area contributed by atoms with E-state index in [1.54, 1.807) is 20.3 Å². The molecule has 1 aliphatic heterocycles. The van der Waals surface area contributed by atoms with E-state index in [2.05, 4.69) is 4.74 Å². The number of anilines is 1. The Kier molecular flexibility index (Phi) is 4.57. The van der Waals surface area contributed by atoms with Gasteiger partial charge in [-0.25, -0.2) is 9.18 Å². The van der Waals surface area contributed by atoms with Gasteiger partial charge in [0.05, 0.1) is 12.7 Å². The topological polar surface area (TPSA) is 48.0 Å². The lowest BCUT2D eigenvalue weighted by molar-refractivity contribution is -0.142. The van der Waals surface area contributed by atoms with Crippen LogP contribution < -0.4 is 4.90 Å². The number of rotatable bonds is 5. The lowest BCUT2D eigenvalue weighted by atomic mass is 9.98. The first kappa shape index (κ1) is 14.7. The number of esters is 1.